The average molecular weight is 200 g/mol. The van der Waals surface area contributed by atoms with Gasteiger partial charge in [0, 0.05) is 19.0 Å². The first-order valence-corrected chi connectivity index (χ1v) is 5.39. The summed E-state index contributed by atoms with van der Waals surface area (Å²) in [7, 11) is 0. The lowest BCUT2D eigenvalue weighted by Crippen LogP contribution is -2.57. The number of hydrogen-bond acceptors (Lipinski definition) is 2. The van der Waals surface area contributed by atoms with E-state index in [0.29, 0.717) is 13.1 Å². The topological polar surface area (TPSA) is 32.3 Å². The third-order valence-electron chi connectivity index (χ3n) is 3.10. The molecule has 2 fully saturated rings. The molecule has 0 aromatic carbocycles. The van der Waals surface area contributed by atoms with Gasteiger partial charge in [-0.15, -0.1) is 0 Å². The van der Waals surface area contributed by atoms with Crippen LogP contribution in [0.1, 0.15) is 19.3 Å². The number of nitrogens with one attached hydrogen (secondary N) is 1. The standard InChI is InChI=1S/C10H17FN2O/c11-5-8-6-13(7-8)10(14)9-3-1-2-4-12-9/h8-9,12H,1-7H2/t9-/m1/s1. The maximum Gasteiger partial charge on any atom is 0.239 e. The number of amides is 1. The van der Waals surface area contributed by atoms with Crippen molar-refractivity contribution in [3.63, 3.8) is 0 Å². The first-order valence-electron chi connectivity index (χ1n) is 5.39. The van der Waals surface area contributed by atoms with Gasteiger partial charge < -0.3 is 10.2 Å². The highest BCUT2D eigenvalue weighted by molar-refractivity contribution is 5.82. The number of likely N-dealkylation sites (tertiary alicyclic amines) is 1. The largest absolute Gasteiger partial charge is 0.340 e. The van der Waals surface area contributed by atoms with Gasteiger partial charge in [0.15, 0.2) is 0 Å². The Morgan fingerprint density at radius 3 is 2.79 bits per heavy atom. The van der Waals surface area contributed by atoms with Gasteiger partial charge in [-0.3, -0.25) is 9.18 Å². The van der Waals surface area contributed by atoms with Crippen LogP contribution in [0.25, 0.3) is 0 Å². The van der Waals surface area contributed by atoms with Crippen molar-refractivity contribution in [2.75, 3.05) is 26.3 Å². The van der Waals surface area contributed by atoms with Crippen molar-refractivity contribution in [2.24, 2.45) is 5.92 Å². The lowest BCUT2D eigenvalue weighted by atomic mass is 9.97. The van der Waals surface area contributed by atoms with E-state index in [1.807, 2.05) is 0 Å². The third kappa shape index (κ3) is 1.90. The number of carbonyl (C=O) groups is 1. The Balaban J connectivity index is 1.78. The molecule has 0 bridgehead atoms. The zero-order valence-electron chi connectivity index (χ0n) is 8.34. The second-order valence-corrected chi connectivity index (χ2v) is 4.27. The predicted octanol–water partition coefficient (Wildman–Crippen LogP) is 0.556. The molecule has 2 aliphatic heterocycles. The molecule has 3 nitrogen and oxygen atoms in total. The molecule has 0 radical (unpaired) electrons. The summed E-state index contributed by atoms with van der Waals surface area (Å²) in [5.74, 6) is 0.275. The van der Waals surface area contributed by atoms with E-state index in [0.717, 1.165) is 25.8 Å². The molecule has 0 aromatic rings. The van der Waals surface area contributed by atoms with E-state index in [4.69, 9.17) is 0 Å². The first-order chi connectivity index (χ1) is 6.81. The van der Waals surface area contributed by atoms with E-state index < -0.39 is 0 Å². The Bertz CT molecular complexity index is 210. The molecule has 1 atom stereocenters. The molecule has 0 spiro atoms. The molecule has 2 heterocycles. The fourth-order valence-corrected chi connectivity index (χ4v) is 2.13. The van der Waals surface area contributed by atoms with Crippen LogP contribution >= 0.6 is 0 Å². The van der Waals surface area contributed by atoms with Crippen LogP contribution in [0.3, 0.4) is 0 Å². The number of hydrogen-bond donors (Lipinski definition) is 1. The maximum absolute atomic E-state index is 12.2. The fraction of sp³-hybridized carbons (Fsp3) is 0.900. The quantitative estimate of drug-likeness (QED) is 0.706. The molecule has 0 saturated carbocycles. The van der Waals surface area contributed by atoms with E-state index in [1.54, 1.807) is 4.90 Å². The number of nitrogens with zero attached hydrogens (tertiary/aromatic N) is 1. The SMILES string of the molecule is O=C([C@H]1CCCCN1)N1CC(CF)C1. The highest BCUT2D eigenvalue weighted by atomic mass is 19.1. The summed E-state index contributed by atoms with van der Waals surface area (Å²) in [6, 6.07) is 0.00399. The van der Waals surface area contributed by atoms with Crippen LogP contribution in [-0.2, 0) is 4.79 Å². The number of halogens is 1. The van der Waals surface area contributed by atoms with Gasteiger partial charge in [-0.2, -0.15) is 0 Å². The minimum atomic E-state index is -0.290. The molecule has 2 saturated heterocycles. The Morgan fingerprint density at radius 1 is 1.43 bits per heavy atom. The van der Waals surface area contributed by atoms with Crippen LogP contribution in [0, 0.1) is 5.92 Å². The normalized spacial score (nSPS) is 28.6. The molecule has 80 valence electrons. The Morgan fingerprint density at radius 2 is 2.21 bits per heavy atom. The molecular weight excluding hydrogens is 183 g/mol. The fourth-order valence-electron chi connectivity index (χ4n) is 2.13. The number of carbonyl (C=O) groups excluding carboxylic acids is 1. The zero-order valence-corrected chi connectivity index (χ0v) is 8.34. The molecular formula is C10H17FN2O. The number of rotatable bonds is 2. The van der Waals surface area contributed by atoms with Crippen molar-refractivity contribution in [2.45, 2.75) is 25.3 Å². The van der Waals surface area contributed by atoms with E-state index in [1.165, 1.54) is 0 Å². The zero-order chi connectivity index (χ0) is 9.97. The molecule has 2 rings (SSSR count). The van der Waals surface area contributed by atoms with Gasteiger partial charge in [-0.25, -0.2) is 0 Å². The summed E-state index contributed by atoms with van der Waals surface area (Å²) in [5.41, 5.74) is 0. The minimum absolute atomic E-state index is 0.00399. The smallest absolute Gasteiger partial charge is 0.239 e. The second kappa shape index (κ2) is 4.26. The van der Waals surface area contributed by atoms with Crippen LogP contribution in [0.15, 0.2) is 0 Å². The summed E-state index contributed by atoms with van der Waals surface area (Å²) in [5, 5.41) is 3.22. The van der Waals surface area contributed by atoms with E-state index in [9.17, 15) is 9.18 Å². The van der Waals surface area contributed by atoms with Crippen molar-refractivity contribution in [3.05, 3.63) is 0 Å². The molecule has 0 aromatic heterocycles. The van der Waals surface area contributed by atoms with Crippen molar-refractivity contribution in [1.29, 1.82) is 0 Å². The van der Waals surface area contributed by atoms with E-state index >= 15 is 0 Å². The average Bonchev–Trinajstić information content (AvgIpc) is 2.17. The summed E-state index contributed by atoms with van der Waals surface area (Å²) >= 11 is 0. The highest BCUT2D eigenvalue weighted by Gasteiger charge is 2.34. The molecule has 14 heavy (non-hydrogen) atoms. The summed E-state index contributed by atoms with van der Waals surface area (Å²) in [4.78, 5) is 13.6. The lowest BCUT2D eigenvalue weighted by Gasteiger charge is -2.40. The monoisotopic (exact) mass is 200 g/mol. The Kier molecular flexibility index (Phi) is 3.01. The van der Waals surface area contributed by atoms with Crippen LogP contribution in [-0.4, -0.2) is 43.2 Å². The Labute approximate surface area is 83.6 Å². The van der Waals surface area contributed by atoms with Gasteiger partial charge in [-0.05, 0) is 19.4 Å². The third-order valence-corrected chi connectivity index (χ3v) is 3.10. The minimum Gasteiger partial charge on any atom is -0.340 e. The second-order valence-electron chi connectivity index (χ2n) is 4.27. The maximum atomic E-state index is 12.2. The summed E-state index contributed by atoms with van der Waals surface area (Å²) in [6.07, 6.45) is 3.23. The van der Waals surface area contributed by atoms with Gasteiger partial charge in [0.25, 0.3) is 0 Å². The molecule has 0 aliphatic carbocycles. The van der Waals surface area contributed by atoms with Gasteiger partial charge in [-0.1, -0.05) is 6.42 Å². The molecule has 4 heteroatoms. The number of piperidine rings is 1. The van der Waals surface area contributed by atoms with Gasteiger partial charge in [0.05, 0.1) is 12.7 Å². The van der Waals surface area contributed by atoms with Gasteiger partial charge in [0.2, 0.25) is 5.91 Å². The van der Waals surface area contributed by atoms with Crippen molar-refractivity contribution >= 4 is 5.91 Å². The summed E-state index contributed by atoms with van der Waals surface area (Å²) < 4.78 is 12.2. The molecule has 0 unspecified atom stereocenters. The lowest BCUT2D eigenvalue weighted by molar-refractivity contribution is -0.140. The van der Waals surface area contributed by atoms with E-state index in [-0.39, 0.29) is 24.5 Å². The van der Waals surface area contributed by atoms with Gasteiger partial charge >= 0.3 is 0 Å². The predicted molar refractivity (Wildman–Crippen MR) is 51.7 cm³/mol. The van der Waals surface area contributed by atoms with Crippen molar-refractivity contribution < 1.29 is 9.18 Å². The Hall–Kier alpha value is -0.640. The molecule has 1 N–H and O–H groups in total. The van der Waals surface area contributed by atoms with Crippen LogP contribution < -0.4 is 5.32 Å². The van der Waals surface area contributed by atoms with E-state index in [2.05, 4.69) is 5.32 Å². The molecule has 1 amide bonds. The van der Waals surface area contributed by atoms with Crippen molar-refractivity contribution in [3.8, 4) is 0 Å². The van der Waals surface area contributed by atoms with Crippen LogP contribution in [0.4, 0.5) is 4.39 Å². The summed E-state index contributed by atoms with van der Waals surface area (Å²) in [6.45, 7) is 1.89. The van der Waals surface area contributed by atoms with Crippen LogP contribution in [0.5, 0.6) is 0 Å². The molecule has 2 aliphatic rings. The van der Waals surface area contributed by atoms with Gasteiger partial charge in [0.1, 0.15) is 0 Å². The number of alkyl halides is 1. The van der Waals surface area contributed by atoms with Crippen LogP contribution in [0.2, 0.25) is 0 Å². The highest BCUT2D eigenvalue weighted by Crippen LogP contribution is 2.19. The first kappa shape index (κ1) is 9.90. The van der Waals surface area contributed by atoms with Crippen molar-refractivity contribution in [1.82, 2.24) is 10.2 Å².